The fraction of sp³-hybridized carbons (Fsp3) is 0.500. The lowest BCUT2D eigenvalue weighted by molar-refractivity contribution is -0.130. The summed E-state index contributed by atoms with van der Waals surface area (Å²) in [5.74, 6) is 0.186. The molecule has 1 heterocycles. The molecule has 1 amide bonds. The van der Waals surface area contributed by atoms with E-state index in [1.165, 1.54) is 5.56 Å². The second kappa shape index (κ2) is 5.85. The van der Waals surface area contributed by atoms with E-state index in [1.54, 1.807) is 6.92 Å². The highest BCUT2D eigenvalue weighted by Crippen LogP contribution is 2.23. The van der Waals surface area contributed by atoms with E-state index in [9.17, 15) is 4.79 Å². The molecule has 18 heavy (non-hydrogen) atoms. The fourth-order valence-corrected chi connectivity index (χ4v) is 2.64. The molecular formula is C14H19BrN2O. The largest absolute Gasteiger partial charge is 0.340 e. The summed E-state index contributed by atoms with van der Waals surface area (Å²) in [4.78, 5) is 15.6. The molecule has 1 aliphatic rings. The van der Waals surface area contributed by atoms with Gasteiger partial charge in [-0.05, 0) is 24.6 Å². The molecule has 0 radical (unpaired) electrons. The van der Waals surface area contributed by atoms with Crippen LogP contribution in [-0.2, 0) is 4.79 Å². The van der Waals surface area contributed by atoms with E-state index in [-0.39, 0.29) is 5.91 Å². The van der Waals surface area contributed by atoms with Crippen molar-refractivity contribution < 1.29 is 4.79 Å². The minimum atomic E-state index is 0.186. The van der Waals surface area contributed by atoms with Gasteiger partial charge in [-0.15, -0.1) is 0 Å². The van der Waals surface area contributed by atoms with Crippen molar-refractivity contribution >= 4 is 21.8 Å². The van der Waals surface area contributed by atoms with E-state index in [0.717, 1.165) is 30.7 Å². The first kappa shape index (κ1) is 13.6. The van der Waals surface area contributed by atoms with Crippen LogP contribution in [0, 0.1) is 0 Å². The summed E-state index contributed by atoms with van der Waals surface area (Å²) in [6.45, 7) is 7.47. The maximum Gasteiger partial charge on any atom is 0.219 e. The molecule has 2 rings (SSSR count). The van der Waals surface area contributed by atoms with Gasteiger partial charge in [-0.2, -0.15) is 0 Å². The van der Waals surface area contributed by atoms with Crippen molar-refractivity contribution in [2.75, 3.05) is 26.2 Å². The number of carbonyl (C=O) groups is 1. The highest BCUT2D eigenvalue weighted by molar-refractivity contribution is 9.10. The Balaban J connectivity index is 1.97. The fourth-order valence-electron chi connectivity index (χ4n) is 2.38. The Morgan fingerprint density at radius 2 is 1.72 bits per heavy atom. The molecule has 1 aliphatic heterocycles. The predicted octanol–water partition coefficient (Wildman–Crippen LogP) is 2.67. The molecule has 3 nitrogen and oxygen atoms in total. The van der Waals surface area contributed by atoms with Crippen LogP contribution in [0.2, 0.25) is 0 Å². The third-order valence-electron chi connectivity index (χ3n) is 3.66. The molecule has 0 aromatic heterocycles. The van der Waals surface area contributed by atoms with Gasteiger partial charge in [-0.25, -0.2) is 0 Å². The second-order valence-corrected chi connectivity index (χ2v) is 5.69. The van der Waals surface area contributed by atoms with Crippen molar-refractivity contribution in [3.8, 4) is 0 Å². The predicted molar refractivity (Wildman–Crippen MR) is 76.4 cm³/mol. The van der Waals surface area contributed by atoms with Crippen LogP contribution >= 0.6 is 15.9 Å². The van der Waals surface area contributed by atoms with E-state index < -0.39 is 0 Å². The van der Waals surface area contributed by atoms with Crippen molar-refractivity contribution in [3.63, 3.8) is 0 Å². The molecule has 1 unspecified atom stereocenters. The first-order valence-corrected chi connectivity index (χ1v) is 7.12. The number of piperazine rings is 1. The van der Waals surface area contributed by atoms with Crippen LogP contribution in [0.25, 0.3) is 0 Å². The van der Waals surface area contributed by atoms with Gasteiger partial charge in [0.2, 0.25) is 5.91 Å². The maximum absolute atomic E-state index is 11.3. The Morgan fingerprint density at radius 1 is 1.17 bits per heavy atom. The molecule has 98 valence electrons. The Labute approximate surface area is 117 Å². The minimum absolute atomic E-state index is 0.186. The van der Waals surface area contributed by atoms with Crippen LogP contribution in [0.15, 0.2) is 28.7 Å². The molecule has 1 aromatic rings. The number of benzene rings is 1. The average Bonchev–Trinajstić information content (AvgIpc) is 2.39. The van der Waals surface area contributed by atoms with Gasteiger partial charge in [0.05, 0.1) is 0 Å². The third kappa shape index (κ3) is 3.12. The van der Waals surface area contributed by atoms with E-state index >= 15 is 0 Å². The van der Waals surface area contributed by atoms with E-state index in [0.29, 0.717) is 6.04 Å². The maximum atomic E-state index is 11.3. The number of amides is 1. The smallest absolute Gasteiger partial charge is 0.219 e. The zero-order valence-electron chi connectivity index (χ0n) is 10.9. The van der Waals surface area contributed by atoms with Gasteiger partial charge in [-0.3, -0.25) is 9.69 Å². The molecule has 0 aliphatic carbocycles. The van der Waals surface area contributed by atoms with Crippen molar-refractivity contribution in [1.82, 2.24) is 9.80 Å². The van der Waals surface area contributed by atoms with Gasteiger partial charge in [0.25, 0.3) is 0 Å². The number of nitrogens with zero attached hydrogens (tertiary/aromatic N) is 2. The molecule has 0 saturated carbocycles. The molecule has 0 N–H and O–H groups in total. The van der Waals surface area contributed by atoms with E-state index in [2.05, 4.69) is 52.0 Å². The molecule has 1 aromatic carbocycles. The van der Waals surface area contributed by atoms with Gasteiger partial charge in [0.1, 0.15) is 0 Å². The SMILES string of the molecule is CC(=O)N1CCN(C(C)c2ccc(Br)cc2)CC1. The number of halogens is 1. The standard InChI is InChI=1S/C14H19BrN2O/c1-11(13-3-5-14(15)6-4-13)16-7-9-17(10-8-16)12(2)18/h3-6,11H,7-10H2,1-2H3. The van der Waals surface area contributed by atoms with E-state index in [4.69, 9.17) is 0 Å². The summed E-state index contributed by atoms with van der Waals surface area (Å²) in [6.07, 6.45) is 0. The Hall–Kier alpha value is -0.870. The normalized spacial score (nSPS) is 18.7. The van der Waals surface area contributed by atoms with Crippen LogP contribution in [-0.4, -0.2) is 41.9 Å². The summed E-state index contributed by atoms with van der Waals surface area (Å²) in [7, 11) is 0. The lowest BCUT2D eigenvalue weighted by atomic mass is 10.1. The van der Waals surface area contributed by atoms with Gasteiger partial charge in [-0.1, -0.05) is 28.1 Å². The topological polar surface area (TPSA) is 23.6 Å². The van der Waals surface area contributed by atoms with Crippen molar-refractivity contribution in [1.29, 1.82) is 0 Å². The molecule has 0 bridgehead atoms. The lowest BCUT2D eigenvalue weighted by Gasteiger charge is -2.37. The van der Waals surface area contributed by atoms with Gasteiger partial charge in [0, 0.05) is 43.6 Å². The number of hydrogen-bond acceptors (Lipinski definition) is 2. The molecule has 1 atom stereocenters. The van der Waals surface area contributed by atoms with Crippen molar-refractivity contribution in [2.24, 2.45) is 0 Å². The Bertz CT molecular complexity index is 410. The minimum Gasteiger partial charge on any atom is -0.340 e. The number of rotatable bonds is 2. The third-order valence-corrected chi connectivity index (χ3v) is 4.19. The van der Waals surface area contributed by atoms with Crippen LogP contribution < -0.4 is 0 Å². The van der Waals surface area contributed by atoms with Crippen LogP contribution in [0.4, 0.5) is 0 Å². The number of carbonyl (C=O) groups excluding carboxylic acids is 1. The summed E-state index contributed by atoms with van der Waals surface area (Å²) in [6, 6.07) is 8.89. The van der Waals surface area contributed by atoms with Gasteiger partial charge >= 0.3 is 0 Å². The quantitative estimate of drug-likeness (QED) is 0.838. The van der Waals surface area contributed by atoms with E-state index in [1.807, 2.05) is 4.90 Å². The van der Waals surface area contributed by atoms with Crippen LogP contribution in [0.3, 0.4) is 0 Å². The van der Waals surface area contributed by atoms with Crippen molar-refractivity contribution in [2.45, 2.75) is 19.9 Å². The first-order valence-electron chi connectivity index (χ1n) is 6.33. The first-order chi connectivity index (χ1) is 8.58. The summed E-state index contributed by atoms with van der Waals surface area (Å²) in [5, 5.41) is 0. The van der Waals surface area contributed by atoms with Crippen LogP contribution in [0.5, 0.6) is 0 Å². The highest BCUT2D eigenvalue weighted by Gasteiger charge is 2.22. The second-order valence-electron chi connectivity index (χ2n) is 4.77. The molecule has 1 saturated heterocycles. The van der Waals surface area contributed by atoms with Crippen molar-refractivity contribution in [3.05, 3.63) is 34.3 Å². The summed E-state index contributed by atoms with van der Waals surface area (Å²) >= 11 is 3.46. The van der Waals surface area contributed by atoms with Gasteiger partial charge < -0.3 is 4.90 Å². The van der Waals surface area contributed by atoms with Gasteiger partial charge in [0.15, 0.2) is 0 Å². The zero-order valence-corrected chi connectivity index (χ0v) is 12.5. The van der Waals surface area contributed by atoms with Crippen LogP contribution in [0.1, 0.15) is 25.5 Å². The highest BCUT2D eigenvalue weighted by atomic mass is 79.9. The molecular weight excluding hydrogens is 292 g/mol. The monoisotopic (exact) mass is 310 g/mol. The molecule has 1 fully saturated rings. The summed E-state index contributed by atoms with van der Waals surface area (Å²) in [5.41, 5.74) is 1.33. The number of hydrogen-bond donors (Lipinski definition) is 0. The average molecular weight is 311 g/mol. The summed E-state index contributed by atoms with van der Waals surface area (Å²) < 4.78 is 1.11. The zero-order chi connectivity index (χ0) is 13.1. The Morgan fingerprint density at radius 3 is 2.22 bits per heavy atom. The molecule has 4 heteroatoms. The molecule has 0 spiro atoms. The lowest BCUT2D eigenvalue weighted by Crippen LogP contribution is -2.48. The Kier molecular flexibility index (Phi) is 4.40.